The Bertz CT molecular complexity index is 916. The molecule has 0 bridgehead atoms. The number of carbonyl (C=O) groups is 1. The number of aryl methyl sites for hydroxylation is 6. The van der Waals surface area contributed by atoms with Crippen molar-refractivity contribution in [3.8, 4) is 0 Å². The molecule has 3 aromatic carbocycles. The van der Waals surface area contributed by atoms with Gasteiger partial charge in [0.1, 0.15) is 6.79 Å². The van der Waals surface area contributed by atoms with Crippen molar-refractivity contribution in [3.63, 3.8) is 0 Å². The molecular formula is C43H72INO3. The summed E-state index contributed by atoms with van der Waals surface area (Å²) in [5, 5.41) is 0. The van der Waals surface area contributed by atoms with Crippen LogP contribution in [0.2, 0.25) is 0 Å². The molecular weight excluding hydrogens is 705 g/mol. The molecule has 5 heteroatoms. The highest BCUT2D eigenvalue weighted by atomic mass is 127. The van der Waals surface area contributed by atoms with Crippen LogP contribution in [0.5, 0.6) is 0 Å². The maximum absolute atomic E-state index is 8.12. The summed E-state index contributed by atoms with van der Waals surface area (Å²) in [6.07, 6.45) is 12.1. The first-order valence-electron chi connectivity index (χ1n) is 16.9. The fraction of sp³-hybridized carbons (Fsp3) is 0.512. The quantitative estimate of drug-likeness (QED) is 0.130. The standard InChI is InChI=1S/3C9H10.C2H5I.C2H3N.4C2H6.CO2.CH2O.2CH4/c3*1-2-5-9-7-3-6-8(9)4-1;1-2-3;1-3-2;4*1-2;2-1-3;1-2;;/h3*1-2,4-5H,3,6-7H2;2H2,1H3;1H3;4*1-2H3;;1H2;2*1H4. The minimum Gasteiger partial charge on any atom is -0.320 e. The van der Waals surface area contributed by atoms with Crippen molar-refractivity contribution < 1.29 is 14.4 Å². The number of hydrogen-bond acceptors (Lipinski definition) is 3. The van der Waals surface area contributed by atoms with Gasteiger partial charge in [0.05, 0.1) is 0 Å². The third kappa shape index (κ3) is 32.9. The minimum absolute atomic E-state index is 0. The average Bonchev–Trinajstić information content (AvgIpc) is 3.92. The van der Waals surface area contributed by atoms with Crippen LogP contribution in [-0.4, -0.2) is 24.4 Å². The summed E-state index contributed by atoms with van der Waals surface area (Å²) < 4.78 is 1.22. The van der Waals surface area contributed by atoms with Gasteiger partial charge in [-0.25, -0.2) is 6.57 Å². The Hall–Kier alpha value is -3.07. The lowest BCUT2D eigenvalue weighted by Gasteiger charge is -1.93. The van der Waals surface area contributed by atoms with E-state index in [2.05, 4.69) is 107 Å². The normalized spacial score (nSPS) is 10.0. The SMILES string of the molecule is C.C.C=O.CC.CC.CC.CC.CCI.O=C=O.[C-]#[N+]C.c1ccc2c(c1)CCC2.c1ccc2c(c1)CCC2.c1ccc2c(c1)CCC2. The Balaban J connectivity index is -0.0000000829. The summed E-state index contributed by atoms with van der Waals surface area (Å²) >= 11 is 2.29. The molecule has 0 aromatic heterocycles. The fourth-order valence-electron chi connectivity index (χ4n) is 4.54. The minimum atomic E-state index is 0. The van der Waals surface area contributed by atoms with Crippen molar-refractivity contribution in [3.05, 3.63) is 118 Å². The van der Waals surface area contributed by atoms with E-state index in [1.54, 1.807) is 33.4 Å². The van der Waals surface area contributed by atoms with Crippen LogP contribution in [0.3, 0.4) is 0 Å². The van der Waals surface area contributed by atoms with E-state index in [0.29, 0.717) is 0 Å². The van der Waals surface area contributed by atoms with Crippen LogP contribution >= 0.6 is 22.6 Å². The van der Waals surface area contributed by atoms with Gasteiger partial charge < -0.3 is 9.64 Å². The number of nitrogens with zero attached hydrogens (tertiary/aromatic N) is 1. The van der Waals surface area contributed by atoms with Crippen molar-refractivity contribution in [2.45, 2.75) is 135 Å². The van der Waals surface area contributed by atoms with Gasteiger partial charge in [0.2, 0.25) is 7.05 Å². The highest BCUT2D eigenvalue weighted by molar-refractivity contribution is 14.1. The lowest BCUT2D eigenvalue weighted by atomic mass is 10.1. The first kappa shape index (κ1) is 60.3. The number of halogens is 1. The molecule has 3 aromatic rings. The van der Waals surface area contributed by atoms with Crippen molar-refractivity contribution >= 4 is 35.5 Å². The smallest absolute Gasteiger partial charge is 0.320 e. The zero-order chi connectivity index (χ0) is 36.4. The molecule has 0 aliphatic heterocycles. The van der Waals surface area contributed by atoms with Gasteiger partial charge in [-0.15, -0.1) is 0 Å². The largest absolute Gasteiger partial charge is 0.373 e. The first-order chi connectivity index (χ1) is 22.6. The van der Waals surface area contributed by atoms with Crippen molar-refractivity contribution in [2.24, 2.45) is 0 Å². The van der Waals surface area contributed by atoms with Crippen molar-refractivity contribution in [2.75, 3.05) is 11.5 Å². The molecule has 3 aliphatic rings. The summed E-state index contributed by atoms with van der Waals surface area (Å²) in [6.45, 7) is 25.9. The first-order valence-corrected chi connectivity index (χ1v) is 18.5. The Kier molecular flexibility index (Phi) is 67.1. The molecule has 0 saturated carbocycles. The van der Waals surface area contributed by atoms with Crippen molar-refractivity contribution in [1.82, 2.24) is 0 Å². The monoisotopic (exact) mass is 777 g/mol. The van der Waals surface area contributed by atoms with E-state index >= 15 is 0 Å². The highest BCUT2D eigenvalue weighted by Gasteiger charge is 2.08. The molecule has 3 aliphatic carbocycles. The van der Waals surface area contributed by atoms with Gasteiger partial charge >= 0.3 is 6.15 Å². The Morgan fingerprint density at radius 1 is 0.562 bits per heavy atom. The third-order valence-corrected chi connectivity index (χ3v) is 6.03. The zero-order valence-electron chi connectivity index (χ0n) is 30.8. The lowest BCUT2D eigenvalue weighted by molar-refractivity contribution is -0.191. The lowest BCUT2D eigenvalue weighted by Crippen LogP contribution is -1.77. The molecule has 0 unspecified atom stereocenters. The van der Waals surface area contributed by atoms with Gasteiger partial charge in [-0.1, -0.05) is 173 Å². The zero-order valence-corrected chi connectivity index (χ0v) is 32.9. The molecule has 0 fully saturated rings. The number of hydrogen-bond donors (Lipinski definition) is 0. The fourth-order valence-corrected chi connectivity index (χ4v) is 4.54. The molecule has 0 spiro atoms. The second kappa shape index (κ2) is 53.4. The van der Waals surface area contributed by atoms with E-state index in [1.165, 1.54) is 69.3 Å². The molecule has 0 atom stereocenters. The van der Waals surface area contributed by atoms with E-state index in [9.17, 15) is 0 Å². The summed E-state index contributed by atoms with van der Waals surface area (Å²) in [5.41, 5.74) is 9.40. The Morgan fingerprint density at radius 3 is 0.771 bits per heavy atom. The molecule has 0 saturated heterocycles. The van der Waals surface area contributed by atoms with Gasteiger partial charge in [-0.3, -0.25) is 0 Å². The Morgan fingerprint density at radius 2 is 0.667 bits per heavy atom. The van der Waals surface area contributed by atoms with E-state index < -0.39 is 0 Å². The van der Waals surface area contributed by atoms with Gasteiger partial charge in [-0.05, 0) is 95.6 Å². The predicted molar refractivity (Wildman–Crippen MR) is 223 cm³/mol. The summed E-state index contributed by atoms with van der Waals surface area (Å²) in [7, 11) is 1.42. The third-order valence-electron chi connectivity index (χ3n) is 6.03. The predicted octanol–water partition coefficient (Wildman–Crippen LogP) is 13.1. The second-order valence-corrected chi connectivity index (χ2v) is 9.97. The van der Waals surface area contributed by atoms with Gasteiger partial charge in [0, 0.05) is 0 Å². The molecule has 4 nitrogen and oxygen atoms in total. The van der Waals surface area contributed by atoms with E-state index in [-0.39, 0.29) is 21.0 Å². The summed E-state index contributed by atoms with van der Waals surface area (Å²) in [4.78, 5) is 27.0. The van der Waals surface area contributed by atoms with Crippen LogP contribution in [-0.2, 0) is 52.9 Å². The molecule has 48 heavy (non-hydrogen) atoms. The molecule has 274 valence electrons. The van der Waals surface area contributed by atoms with Crippen LogP contribution in [0.1, 0.15) is 130 Å². The average molecular weight is 778 g/mol. The number of rotatable bonds is 0. The van der Waals surface area contributed by atoms with Crippen LogP contribution in [0.25, 0.3) is 4.85 Å². The molecule has 0 radical (unpaired) electrons. The summed E-state index contributed by atoms with van der Waals surface area (Å²) in [5.74, 6) is 0. The highest BCUT2D eigenvalue weighted by Crippen LogP contribution is 2.21. The molecule has 0 heterocycles. The van der Waals surface area contributed by atoms with Crippen LogP contribution in [0, 0.1) is 6.57 Å². The maximum atomic E-state index is 8.12. The van der Waals surface area contributed by atoms with Gasteiger partial charge in [-0.2, -0.15) is 9.59 Å². The molecule has 6 rings (SSSR count). The van der Waals surface area contributed by atoms with Crippen LogP contribution in [0.15, 0.2) is 72.8 Å². The molecule has 0 amide bonds. The van der Waals surface area contributed by atoms with Crippen LogP contribution < -0.4 is 0 Å². The van der Waals surface area contributed by atoms with E-state index in [4.69, 9.17) is 21.0 Å². The number of fused-ring (bicyclic) bond motifs is 3. The summed E-state index contributed by atoms with van der Waals surface area (Å²) in [6, 6.07) is 26.2. The van der Waals surface area contributed by atoms with E-state index in [1.807, 2.05) is 62.2 Å². The number of benzene rings is 3. The van der Waals surface area contributed by atoms with E-state index in [0.717, 1.165) is 0 Å². The van der Waals surface area contributed by atoms with Crippen molar-refractivity contribution in [1.29, 1.82) is 0 Å². The van der Waals surface area contributed by atoms with Crippen LogP contribution in [0.4, 0.5) is 0 Å². The topological polar surface area (TPSA) is 55.6 Å². The number of alkyl halides is 1. The Labute approximate surface area is 312 Å². The van der Waals surface area contributed by atoms with Gasteiger partial charge in [0.15, 0.2) is 0 Å². The maximum Gasteiger partial charge on any atom is 0.373 e. The molecule has 0 N–H and O–H groups in total. The number of carbonyl (C=O) groups excluding carboxylic acids is 3. The van der Waals surface area contributed by atoms with Gasteiger partial charge in [0.25, 0.3) is 0 Å². The second-order valence-electron chi connectivity index (χ2n) is 8.44.